The second-order valence-corrected chi connectivity index (χ2v) is 17.0. The van der Waals surface area contributed by atoms with E-state index >= 15 is 0 Å². The number of ketones is 1. The van der Waals surface area contributed by atoms with Gasteiger partial charge in [-0.25, -0.2) is 19.6 Å². The number of rotatable bonds is 16. The van der Waals surface area contributed by atoms with Gasteiger partial charge in [-0.05, 0) is 129 Å². The fourth-order valence-electron chi connectivity index (χ4n) is 6.63. The molecule has 4 aromatic carbocycles. The van der Waals surface area contributed by atoms with Crippen LogP contribution in [0.4, 0.5) is 65.9 Å². The number of halogens is 15. The highest BCUT2D eigenvalue weighted by atomic mass is 19.4. The SMILES string of the molecule is NC1CCN(NC(=O)COc2ccc(C(F)(F)F)cc2)CC1.O=C(COc1ccc(C(F)(F)F)cc1)CC1CCN(NC(=O)COc2ccc(C(F)(F)F)cc2)CC1.O=C(O)C(F)(F)F.O=C(O)COc1ccc(C(F)(F)F)cc1. The van der Waals surface area contributed by atoms with Gasteiger partial charge in [-0.2, -0.15) is 65.9 Å². The first-order valence-corrected chi connectivity index (χ1v) is 23.2. The summed E-state index contributed by atoms with van der Waals surface area (Å²) in [5.74, 6) is -4.25. The zero-order valence-corrected chi connectivity index (χ0v) is 41.3. The Labute approximate surface area is 444 Å². The van der Waals surface area contributed by atoms with E-state index in [1.54, 1.807) is 10.0 Å². The highest BCUT2D eigenvalue weighted by Gasteiger charge is 2.38. The number of hydrazine groups is 2. The number of carbonyl (C=O) groups is 5. The Morgan fingerprint density at radius 3 is 0.975 bits per heavy atom. The average molecular weight is 1170 g/mol. The van der Waals surface area contributed by atoms with Gasteiger partial charge in [0.25, 0.3) is 11.8 Å². The molecule has 6 N–H and O–H groups in total. The van der Waals surface area contributed by atoms with Crippen molar-refractivity contribution in [1.29, 1.82) is 0 Å². The van der Waals surface area contributed by atoms with Gasteiger partial charge in [-0.3, -0.25) is 25.2 Å². The molecule has 0 atom stereocenters. The number of ether oxygens (including phenoxy) is 4. The number of hydrogen-bond acceptors (Lipinski definition) is 12. The highest BCUT2D eigenvalue weighted by molar-refractivity contribution is 5.80. The topological polar surface area (TPSA) is 219 Å². The summed E-state index contributed by atoms with van der Waals surface area (Å²) in [7, 11) is 0. The van der Waals surface area contributed by atoms with Crippen LogP contribution < -0.4 is 35.5 Å². The van der Waals surface area contributed by atoms with Crippen LogP contribution in [0.3, 0.4) is 0 Å². The first kappa shape index (κ1) is 66.7. The Morgan fingerprint density at radius 2 is 0.713 bits per heavy atom. The number of Topliss-reactive ketones (excluding diaryl/α,β-unsaturated/α-hetero) is 1. The molecule has 31 heteroatoms. The average Bonchev–Trinajstić information content (AvgIpc) is 3.37. The molecular weight excluding hydrogens is 1120 g/mol. The highest BCUT2D eigenvalue weighted by Crippen LogP contribution is 2.33. The van der Waals surface area contributed by atoms with Crippen molar-refractivity contribution in [2.24, 2.45) is 11.7 Å². The minimum absolute atomic E-state index is 0.0743. The van der Waals surface area contributed by atoms with Gasteiger partial charge in [0.05, 0.1) is 22.3 Å². The molecular formula is C49H50F15N5O11. The minimum Gasteiger partial charge on any atom is -0.486 e. The predicted octanol–water partition coefficient (Wildman–Crippen LogP) is 9.23. The van der Waals surface area contributed by atoms with Crippen molar-refractivity contribution in [3.05, 3.63) is 119 Å². The standard InChI is InChI=1S/C24H24F6N2O4.C14H18F3N3O2.C9H7F3O3.C2HF3O2/c25-23(26,27)17-1-5-20(6-2-17)35-14-19(33)13-16-9-11-32(12-10-16)31-22(34)15-36-21-7-3-18(4-8-21)24(28,29)30;15-14(16,17)10-1-3-12(4-2-10)22-9-13(21)19-20-7-5-11(18)6-8-20;10-9(11,12)6-1-3-7(4-2-6)15-5-8(13)14;3-2(4,5)1(6)7/h1-8,16H,9-15H2,(H,31,34);1-4,11H,5-9,18H2,(H,19,21);1-4H,5H2,(H,13,14);(H,6,7). The molecule has 2 saturated heterocycles. The molecule has 2 fully saturated rings. The van der Waals surface area contributed by atoms with Crippen molar-refractivity contribution in [1.82, 2.24) is 20.9 Å². The summed E-state index contributed by atoms with van der Waals surface area (Å²) < 4.78 is 201. The molecule has 4 aromatic rings. The lowest BCUT2D eigenvalue weighted by Gasteiger charge is -2.31. The van der Waals surface area contributed by atoms with Gasteiger partial charge in [0.15, 0.2) is 25.6 Å². The summed E-state index contributed by atoms with van der Waals surface area (Å²) in [5, 5.41) is 18.8. The molecule has 0 saturated carbocycles. The number of carboxylic acid groups (broad SMARTS) is 2. The van der Waals surface area contributed by atoms with Crippen molar-refractivity contribution in [3.8, 4) is 23.0 Å². The number of amides is 2. The number of piperidine rings is 2. The molecule has 0 aliphatic carbocycles. The Bertz CT molecular complexity index is 2480. The maximum atomic E-state index is 12.6. The van der Waals surface area contributed by atoms with Crippen LogP contribution in [0.25, 0.3) is 0 Å². The fraction of sp³-hybridized carbons (Fsp3) is 0.408. The largest absolute Gasteiger partial charge is 0.490 e. The van der Waals surface area contributed by atoms with Crippen LogP contribution in [0.5, 0.6) is 23.0 Å². The molecule has 0 radical (unpaired) electrons. The van der Waals surface area contributed by atoms with Crippen LogP contribution in [0.2, 0.25) is 0 Å². The first-order chi connectivity index (χ1) is 37.1. The van der Waals surface area contributed by atoms with Crippen LogP contribution >= 0.6 is 0 Å². The first-order valence-electron chi connectivity index (χ1n) is 23.2. The van der Waals surface area contributed by atoms with E-state index in [1.807, 2.05) is 0 Å². The molecule has 16 nitrogen and oxygen atoms in total. The third kappa shape index (κ3) is 25.9. The third-order valence-electron chi connectivity index (χ3n) is 10.7. The molecule has 0 spiro atoms. The number of hydrogen-bond donors (Lipinski definition) is 5. The Balaban J connectivity index is 0.000000322. The summed E-state index contributed by atoms with van der Waals surface area (Å²) >= 11 is 0. The van der Waals surface area contributed by atoms with Gasteiger partial charge in [-0.15, -0.1) is 0 Å². The summed E-state index contributed by atoms with van der Waals surface area (Å²) in [6.07, 6.45) is -19.6. The second kappa shape index (κ2) is 30.2. The van der Waals surface area contributed by atoms with E-state index in [0.717, 1.165) is 85.6 Å². The molecule has 0 bridgehead atoms. The Kier molecular flexibility index (Phi) is 25.2. The number of nitrogens with one attached hydrogen (secondary N) is 2. The van der Waals surface area contributed by atoms with E-state index in [9.17, 15) is 85.0 Å². The Hall–Kier alpha value is -7.54. The maximum Gasteiger partial charge on any atom is 0.490 e. The van der Waals surface area contributed by atoms with Crippen molar-refractivity contribution in [2.45, 2.75) is 69.0 Å². The van der Waals surface area contributed by atoms with Crippen LogP contribution in [0.1, 0.15) is 54.4 Å². The van der Waals surface area contributed by atoms with E-state index in [-0.39, 0.29) is 72.9 Å². The molecule has 2 amide bonds. The van der Waals surface area contributed by atoms with Gasteiger partial charge >= 0.3 is 42.8 Å². The number of nitrogens with zero attached hydrogens (tertiary/aromatic N) is 2. The number of alkyl halides is 15. The quantitative estimate of drug-likeness (QED) is 0.0661. The molecule has 442 valence electrons. The zero-order chi connectivity index (χ0) is 60.1. The fourth-order valence-corrected chi connectivity index (χ4v) is 6.63. The lowest BCUT2D eigenvalue weighted by Crippen LogP contribution is -2.50. The minimum atomic E-state index is -5.08. The second-order valence-electron chi connectivity index (χ2n) is 17.0. The molecule has 0 unspecified atom stereocenters. The molecule has 80 heavy (non-hydrogen) atoms. The van der Waals surface area contributed by atoms with E-state index < -0.39 is 77.6 Å². The lowest BCUT2D eigenvalue weighted by molar-refractivity contribution is -0.192. The monoisotopic (exact) mass is 1170 g/mol. The van der Waals surface area contributed by atoms with Crippen LogP contribution in [0.15, 0.2) is 97.1 Å². The van der Waals surface area contributed by atoms with Crippen molar-refractivity contribution >= 4 is 29.5 Å². The number of aliphatic carboxylic acids is 2. The van der Waals surface area contributed by atoms with Crippen molar-refractivity contribution < 1.29 is 119 Å². The van der Waals surface area contributed by atoms with E-state index in [0.29, 0.717) is 39.0 Å². The molecule has 2 aliphatic heterocycles. The zero-order valence-electron chi connectivity index (χ0n) is 41.3. The van der Waals surface area contributed by atoms with Crippen molar-refractivity contribution in [2.75, 3.05) is 52.6 Å². The molecule has 2 heterocycles. The summed E-state index contributed by atoms with van der Waals surface area (Å²) in [5.41, 5.74) is 7.93. The number of carbonyl (C=O) groups excluding carboxylic acids is 3. The Morgan fingerprint density at radius 1 is 0.450 bits per heavy atom. The van der Waals surface area contributed by atoms with E-state index in [1.165, 1.54) is 24.3 Å². The van der Waals surface area contributed by atoms with Crippen molar-refractivity contribution in [3.63, 3.8) is 0 Å². The maximum absolute atomic E-state index is 12.6. The van der Waals surface area contributed by atoms with Crippen LogP contribution in [-0.4, -0.2) is 115 Å². The number of carboxylic acids is 2. The normalized spacial score (nSPS) is 14.8. The predicted molar refractivity (Wildman–Crippen MR) is 248 cm³/mol. The van der Waals surface area contributed by atoms with Gasteiger partial charge < -0.3 is 34.9 Å². The smallest absolute Gasteiger partial charge is 0.486 e. The van der Waals surface area contributed by atoms with Gasteiger partial charge in [0.2, 0.25) is 0 Å². The number of nitrogens with two attached hydrogens (primary N) is 1. The molecule has 0 aromatic heterocycles. The third-order valence-corrected chi connectivity index (χ3v) is 10.7. The summed E-state index contributed by atoms with van der Waals surface area (Å²) in [6.45, 7) is 0.877. The molecule has 6 rings (SSSR count). The van der Waals surface area contributed by atoms with Crippen LogP contribution in [-0.2, 0) is 48.7 Å². The summed E-state index contributed by atoms with van der Waals surface area (Å²) in [4.78, 5) is 55.0. The summed E-state index contributed by atoms with van der Waals surface area (Å²) in [6, 6.07) is 16.3. The van der Waals surface area contributed by atoms with Crippen LogP contribution in [0, 0.1) is 5.92 Å². The van der Waals surface area contributed by atoms with E-state index in [4.69, 9.17) is 35.0 Å². The van der Waals surface area contributed by atoms with Gasteiger partial charge in [0, 0.05) is 38.6 Å². The van der Waals surface area contributed by atoms with E-state index in [2.05, 4.69) is 15.6 Å². The molecule has 2 aliphatic rings. The number of benzene rings is 4. The lowest BCUT2D eigenvalue weighted by atomic mass is 9.92. The van der Waals surface area contributed by atoms with Gasteiger partial charge in [0.1, 0.15) is 29.6 Å². The van der Waals surface area contributed by atoms with Gasteiger partial charge in [-0.1, -0.05) is 0 Å².